The number of carbonyl (C=O) groups is 2. The number of piperidine rings is 1. The van der Waals surface area contributed by atoms with Gasteiger partial charge < -0.3 is 15.2 Å². The minimum Gasteiger partial charge on any atom is -0.504 e. The molecular formula is C28H34FN3O4. The summed E-state index contributed by atoms with van der Waals surface area (Å²) in [5.74, 6) is 0.111. The molecule has 5 rings (SSSR count). The van der Waals surface area contributed by atoms with Gasteiger partial charge in [0, 0.05) is 19.0 Å². The third-order valence-electron chi connectivity index (χ3n) is 8.17. The Morgan fingerprint density at radius 3 is 2.36 bits per heavy atom. The fraction of sp³-hybridized carbons (Fsp3) is 0.500. The molecule has 3 fully saturated rings. The fourth-order valence-corrected chi connectivity index (χ4v) is 6.23. The number of phenols is 1. The van der Waals surface area contributed by atoms with E-state index in [1.165, 1.54) is 24.1 Å². The molecule has 36 heavy (non-hydrogen) atoms. The molecule has 192 valence electrons. The first-order chi connectivity index (χ1) is 17.4. The molecule has 0 bridgehead atoms. The number of likely N-dealkylation sites (tertiary alicyclic amines) is 1. The van der Waals surface area contributed by atoms with Crippen molar-refractivity contribution >= 4 is 11.9 Å². The van der Waals surface area contributed by atoms with Crippen molar-refractivity contribution in [3.8, 4) is 11.5 Å². The summed E-state index contributed by atoms with van der Waals surface area (Å²) >= 11 is 0. The number of imide groups is 1. The van der Waals surface area contributed by atoms with E-state index in [1.807, 2.05) is 12.1 Å². The molecule has 0 radical (unpaired) electrons. The Morgan fingerprint density at radius 1 is 1.03 bits per heavy atom. The van der Waals surface area contributed by atoms with Gasteiger partial charge in [0.05, 0.1) is 7.11 Å². The van der Waals surface area contributed by atoms with Gasteiger partial charge in [-0.2, -0.15) is 0 Å². The number of nitrogens with one attached hydrogen (secondary N) is 1. The second-order valence-corrected chi connectivity index (χ2v) is 10.4. The number of benzene rings is 2. The van der Waals surface area contributed by atoms with E-state index in [2.05, 4.69) is 10.2 Å². The number of hydrogen-bond donors (Lipinski definition) is 2. The van der Waals surface area contributed by atoms with E-state index in [0.29, 0.717) is 18.7 Å². The number of hydrogen-bond acceptors (Lipinski definition) is 5. The van der Waals surface area contributed by atoms with Crippen molar-refractivity contribution in [1.82, 2.24) is 15.1 Å². The number of urea groups is 1. The van der Waals surface area contributed by atoms with Crippen LogP contribution in [-0.4, -0.2) is 58.6 Å². The Morgan fingerprint density at radius 2 is 1.69 bits per heavy atom. The van der Waals surface area contributed by atoms with Crippen LogP contribution in [0.2, 0.25) is 0 Å². The number of aromatic hydroxyl groups is 1. The molecule has 3 amide bonds. The summed E-state index contributed by atoms with van der Waals surface area (Å²) in [7, 11) is 1.53. The Labute approximate surface area is 211 Å². The second kappa shape index (κ2) is 10.1. The zero-order chi connectivity index (χ0) is 25.3. The van der Waals surface area contributed by atoms with Gasteiger partial charge in [-0.05, 0) is 80.1 Å². The van der Waals surface area contributed by atoms with Crippen LogP contribution in [0.3, 0.4) is 0 Å². The number of amides is 3. The van der Waals surface area contributed by atoms with Crippen LogP contribution < -0.4 is 10.1 Å². The van der Waals surface area contributed by atoms with Crippen LogP contribution >= 0.6 is 0 Å². The highest BCUT2D eigenvalue weighted by atomic mass is 19.1. The van der Waals surface area contributed by atoms with Crippen LogP contribution in [0.5, 0.6) is 11.5 Å². The summed E-state index contributed by atoms with van der Waals surface area (Å²) in [6, 6.07) is 11.3. The molecule has 8 heteroatoms. The number of nitrogens with zero attached hydrogens (tertiary/aromatic N) is 2. The molecule has 2 heterocycles. The van der Waals surface area contributed by atoms with Crippen LogP contribution in [0.4, 0.5) is 9.18 Å². The van der Waals surface area contributed by atoms with E-state index >= 15 is 0 Å². The normalized spacial score (nSPS) is 23.9. The monoisotopic (exact) mass is 495 g/mol. The van der Waals surface area contributed by atoms with Crippen LogP contribution in [0, 0.1) is 11.7 Å². The lowest BCUT2D eigenvalue weighted by Gasteiger charge is -2.41. The van der Waals surface area contributed by atoms with Gasteiger partial charge in [-0.1, -0.05) is 31.0 Å². The smallest absolute Gasteiger partial charge is 0.325 e. The van der Waals surface area contributed by atoms with E-state index in [0.717, 1.165) is 62.7 Å². The van der Waals surface area contributed by atoms with E-state index in [-0.39, 0.29) is 35.5 Å². The lowest BCUT2D eigenvalue weighted by Crippen LogP contribution is -2.57. The van der Waals surface area contributed by atoms with Crippen molar-refractivity contribution in [2.75, 3.05) is 20.2 Å². The maximum absolute atomic E-state index is 14.0. The molecule has 0 spiro atoms. The number of halogens is 1. The SMILES string of the molecule is COc1cc(CN2CCC([C@@]3(Cc4ccc(F)cc4)NC(=O)N(C4CCCC4)C3=O)CC2)ccc1O. The Bertz CT molecular complexity index is 1110. The summed E-state index contributed by atoms with van der Waals surface area (Å²) in [4.78, 5) is 31.0. The first kappa shape index (κ1) is 24.6. The van der Waals surface area contributed by atoms with Crippen molar-refractivity contribution in [1.29, 1.82) is 0 Å². The minimum absolute atomic E-state index is 0.0176. The number of methoxy groups -OCH3 is 1. The highest BCUT2D eigenvalue weighted by molar-refractivity contribution is 6.07. The van der Waals surface area contributed by atoms with Gasteiger partial charge in [0.1, 0.15) is 11.4 Å². The number of carbonyl (C=O) groups excluding carboxylic acids is 2. The van der Waals surface area contributed by atoms with Crippen molar-refractivity contribution < 1.29 is 23.8 Å². The van der Waals surface area contributed by atoms with Crippen molar-refractivity contribution in [3.63, 3.8) is 0 Å². The van der Waals surface area contributed by atoms with Gasteiger partial charge in [-0.25, -0.2) is 9.18 Å². The van der Waals surface area contributed by atoms with Gasteiger partial charge in [0.2, 0.25) is 0 Å². The van der Waals surface area contributed by atoms with E-state index in [1.54, 1.807) is 18.2 Å². The molecule has 2 N–H and O–H groups in total. The maximum Gasteiger partial charge on any atom is 0.325 e. The molecule has 0 aromatic heterocycles. The Hall–Kier alpha value is -3.13. The molecule has 7 nitrogen and oxygen atoms in total. The predicted octanol–water partition coefficient (Wildman–Crippen LogP) is 4.23. The summed E-state index contributed by atoms with van der Waals surface area (Å²) in [5, 5.41) is 13.0. The zero-order valence-corrected chi connectivity index (χ0v) is 20.7. The van der Waals surface area contributed by atoms with Gasteiger partial charge in [-0.3, -0.25) is 14.6 Å². The molecule has 2 aliphatic heterocycles. The summed E-state index contributed by atoms with van der Waals surface area (Å²) < 4.78 is 18.8. The largest absolute Gasteiger partial charge is 0.504 e. The molecule has 2 aromatic rings. The quantitative estimate of drug-likeness (QED) is 0.562. The standard InChI is InChI=1S/C28H34FN3O4/c1-36-25-16-20(8-11-24(25)33)18-31-14-12-21(13-15-31)28(17-19-6-9-22(29)10-7-19)26(34)32(27(35)30-28)23-4-2-3-5-23/h6-11,16,21,23,33H,2-5,12-15,17-18H2,1H3,(H,30,35)/t28-/m1/s1. The van der Waals surface area contributed by atoms with Crippen LogP contribution in [-0.2, 0) is 17.8 Å². The molecule has 2 saturated heterocycles. The lowest BCUT2D eigenvalue weighted by atomic mass is 9.73. The van der Waals surface area contributed by atoms with E-state index in [9.17, 15) is 19.1 Å². The van der Waals surface area contributed by atoms with Crippen LogP contribution in [0.15, 0.2) is 42.5 Å². The van der Waals surface area contributed by atoms with E-state index < -0.39 is 5.54 Å². The first-order valence-corrected chi connectivity index (χ1v) is 12.9. The minimum atomic E-state index is -1.01. The third-order valence-corrected chi connectivity index (χ3v) is 8.17. The molecule has 2 aromatic carbocycles. The number of phenolic OH excluding ortho intramolecular Hbond substituents is 1. The first-order valence-electron chi connectivity index (χ1n) is 12.9. The molecular weight excluding hydrogens is 461 g/mol. The number of ether oxygens (including phenoxy) is 1. The topological polar surface area (TPSA) is 82.1 Å². The maximum atomic E-state index is 14.0. The highest BCUT2D eigenvalue weighted by Crippen LogP contribution is 2.39. The van der Waals surface area contributed by atoms with Crippen LogP contribution in [0.1, 0.15) is 49.7 Å². The summed E-state index contributed by atoms with van der Waals surface area (Å²) in [5.41, 5.74) is 0.879. The molecule has 1 aliphatic carbocycles. The highest BCUT2D eigenvalue weighted by Gasteiger charge is 2.57. The van der Waals surface area contributed by atoms with Crippen molar-refractivity contribution in [2.24, 2.45) is 5.92 Å². The van der Waals surface area contributed by atoms with Gasteiger partial charge in [0.15, 0.2) is 11.5 Å². The van der Waals surface area contributed by atoms with Crippen LogP contribution in [0.25, 0.3) is 0 Å². The predicted molar refractivity (Wildman–Crippen MR) is 133 cm³/mol. The Kier molecular flexibility index (Phi) is 6.88. The lowest BCUT2D eigenvalue weighted by molar-refractivity contribution is -0.135. The average Bonchev–Trinajstić information content (AvgIpc) is 3.48. The van der Waals surface area contributed by atoms with Gasteiger partial charge in [-0.15, -0.1) is 0 Å². The molecule has 1 atom stereocenters. The van der Waals surface area contributed by atoms with Crippen molar-refractivity contribution in [2.45, 2.75) is 63.1 Å². The Balaban J connectivity index is 1.34. The van der Waals surface area contributed by atoms with Gasteiger partial charge >= 0.3 is 6.03 Å². The van der Waals surface area contributed by atoms with Gasteiger partial charge in [0.25, 0.3) is 5.91 Å². The molecule has 0 unspecified atom stereocenters. The fourth-order valence-electron chi connectivity index (χ4n) is 6.23. The van der Waals surface area contributed by atoms with Crippen molar-refractivity contribution in [3.05, 3.63) is 59.4 Å². The summed E-state index contributed by atoms with van der Waals surface area (Å²) in [6.45, 7) is 2.28. The second-order valence-electron chi connectivity index (χ2n) is 10.4. The number of rotatable bonds is 7. The molecule has 3 aliphatic rings. The molecule has 1 saturated carbocycles. The van der Waals surface area contributed by atoms with E-state index in [4.69, 9.17) is 4.74 Å². The third kappa shape index (κ3) is 4.66. The zero-order valence-electron chi connectivity index (χ0n) is 20.7. The average molecular weight is 496 g/mol. The summed E-state index contributed by atoms with van der Waals surface area (Å²) in [6.07, 6.45) is 5.68.